The van der Waals surface area contributed by atoms with Gasteiger partial charge < -0.3 is 9.88 Å². The van der Waals surface area contributed by atoms with E-state index in [4.69, 9.17) is 4.98 Å². The first-order valence-electron chi connectivity index (χ1n) is 8.66. The molecule has 0 saturated carbocycles. The minimum Gasteiger partial charge on any atom is -0.342 e. The van der Waals surface area contributed by atoms with E-state index in [1.807, 2.05) is 53.3 Å². The average Bonchev–Trinajstić information content (AvgIpc) is 3.32. The molecule has 0 aliphatic carbocycles. The first-order chi connectivity index (χ1) is 13.1. The molecule has 0 aliphatic rings. The number of thiophene rings is 1. The summed E-state index contributed by atoms with van der Waals surface area (Å²) < 4.78 is 16.2. The van der Waals surface area contributed by atoms with Crippen molar-refractivity contribution in [3.05, 3.63) is 88.1 Å². The molecule has 0 bridgehead atoms. The predicted molar refractivity (Wildman–Crippen MR) is 105 cm³/mol. The van der Waals surface area contributed by atoms with Crippen molar-refractivity contribution in [1.82, 2.24) is 14.9 Å². The molecule has 27 heavy (non-hydrogen) atoms. The van der Waals surface area contributed by atoms with Gasteiger partial charge in [-0.3, -0.25) is 4.79 Å². The predicted octanol–water partition coefficient (Wildman–Crippen LogP) is 4.78. The number of hydrogen-bond donors (Lipinski definition) is 1. The van der Waals surface area contributed by atoms with Crippen molar-refractivity contribution in [1.29, 1.82) is 0 Å². The van der Waals surface area contributed by atoms with Gasteiger partial charge in [0, 0.05) is 5.56 Å². The number of carbonyl (C=O) groups excluding carboxylic acids is 1. The molecule has 0 fully saturated rings. The molecule has 1 atom stereocenters. The van der Waals surface area contributed by atoms with Crippen LogP contribution >= 0.6 is 11.3 Å². The molecule has 2 heterocycles. The first kappa shape index (κ1) is 17.4. The van der Waals surface area contributed by atoms with Crippen LogP contribution in [0.3, 0.4) is 0 Å². The molecule has 2 aromatic carbocycles. The second-order valence-electron chi connectivity index (χ2n) is 6.31. The summed E-state index contributed by atoms with van der Waals surface area (Å²) in [5.41, 5.74) is 2.31. The van der Waals surface area contributed by atoms with Gasteiger partial charge in [-0.2, -0.15) is 0 Å². The van der Waals surface area contributed by atoms with Crippen LogP contribution in [-0.2, 0) is 6.54 Å². The lowest BCUT2D eigenvalue weighted by molar-refractivity contribution is 0.0942. The number of fused-ring (bicyclic) bond motifs is 1. The Kier molecular flexibility index (Phi) is 4.73. The summed E-state index contributed by atoms with van der Waals surface area (Å²) in [6.07, 6.45) is 0. The van der Waals surface area contributed by atoms with E-state index in [2.05, 4.69) is 5.32 Å². The van der Waals surface area contributed by atoms with Gasteiger partial charge in [0.2, 0.25) is 0 Å². The van der Waals surface area contributed by atoms with Crippen LogP contribution in [0.1, 0.15) is 34.0 Å². The molecular weight excluding hydrogens is 361 g/mol. The number of carbonyl (C=O) groups is 1. The van der Waals surface area contributed by atoms with Crippen LogP contribution in [0.25, 0.3) is 11.0 Å². The van der Waals surface area contributed by atoms with E-state index >= 15 is 0 Å². The molecular formula is C21H18FN3OS. The van der Waals surface area contributed by atoms with Gasteiger partial charge in [-0.05, 0) is 36.6 Å². The Morgan fingerprint density at radius 1 is 1.15 bits per heavy atom. The summed E-state index contributed by atoms with van der Waals surface area (Å²) in [4.78, 5) is 17.8. The fourth-order valence-corrected chi connectivity index (χ4v) is 3.75. The highest BCUT2D eigenvalue weighted by Crippen LogP contribution is 2.23. The molecule has 136 valence electrons. The van der Waals surface area contributed by atoms with Gasteiger partial charge in [0.05, 0.1) is 28.5 Å². The Bertz CT molecular complexity index is 1090. The topological polar surface area (TPSA) is 46.9 Å². The van der Waals surface area contributed by atoms with Gasteiger partial charge >= 0.3 is 0 Å². The Labute approximate surface area is 160 Å². The van der Waals surface area contributed by atoms with Crippen LogP contribution in [0.4, 0.5) is 4.39 Å². The highest BCUT2D eigenvalue weighted by molar-refractivity contribution is 7.12. The van der Waals surface area contributed by atoms with Crippen LogP contribution in [0.5, 0.6) is 0 Å². The maximum atomic E-state index is 14.2. The number of nitrogens with one attached hydrogen (secondary N) is 1. The van der Waals surface area contributed by atoms with Gasteiger partial charge in [0.15, 0.2) is 0 Å². The number of benzene rings is 2. The molecule has 4 rings (SSSR count). The number of halogens is 1. The molecule has 6 heteroatoms. The Hall–Kier alpha value is -2.99. The van der Waals surface area contributed by atoms with E-state index in [-0.39, 0.29) is 17.8 Å². The zero-order valence-electron chi connectivity index (χ0n) is 14.7. The number of hydrogen-bond acceptors (Lipinski definition) is 3. The zero-order valence-corrected chi connectivity index (χ0v) is 15.5. The largest absolute Gasteiger partial charge is 0.342 e. The summed E-state index contributed by atoms with van der Waals surface area (Å²) in [6.45, 7) is 2.24. The van der Waals surface area contributed by atoms with Crippen LogP contribution in [-0.4, -0.2) is 15.5 Å². The van der Waals surface area contributed by atoms with Gasteiger partial charge in [0.1, 0.15) is 11.6 Å². The average molecular weight is 379 g/mol. The van der Waals surface area contributed by atoms with E-state index in [1.165, 1.54) is 17.4 Å². The van der Waals surface area contributed by atoms with E-state index in [0.29, 0.717) is 22.8 Å². The minimum atomic E-state index is -0.321. The summed E-state index contributed by atoms with van der Waals surface area (Å²) >= 11 is 1.39. The summed E-state index contributed by atoms with van der Waals surface area (Å²) in [5.74, 6) is 0.308. The Morgan fingerprint density at radius 2 is 1.93 bits per heavy atom. The molecule has 2 aromatic heterocycles. The molecule has 1 unspecified atom stereocenters. The molecule has 4 aromatic rings. The number of imidazole rings is 1. The summed E-state index contributed by atoms with van der Waals surface area (Å²) in [5, 5.41) is 4.86. The SMILES string of the molecule is CC(NC(=O)c1cccs1)c1nc2ccccc2n1Cc1ccccc1F. The number of rotatable bonds is 5. The minimum absolute atomic E-state index is 0.137. The summed E-state index contributed by atoms with van der Waals surface area (Å²) in [6, 6.07) is 17.8. The molecule has 0 radical (unpaired) electrons. The van der Waals surface area contributed by atoms with Crippen LogP contribution < -0.4 is 5.32 Å². The molecule has 1 N–H and O–H groups in total. The fourth-order valence-electron chi connectivity index (χ4n) is 3.13. The molecule has 0 aliphatic heterocycles. The molecule has 0 saturated heterocycles. The number of para-hydroxylation sites is 2. The van der Waals surface area contributed by atoms with Crippen LogP contribution in [0.2, 0.25) is 0 Å². The Balaban J connectivity index is 1.71. The highest BCUT2D eigenvalue weighted by atomic mass is 32.1. The third-order valence-electron chi connectivity index (χ3n) is 4.45. The van der Waals surface area contributed by atoms with E-state index in [9.17, 15) is 9.18 Å². The van der Waals surface area contributed by atoms with Gasteiger partial charge in [-0.1, -0.05) is 36.4 Å². The lowest BCUT2D eigenvalue weighted by Gasteiger charge is -2.16. The second kappa shape index (κ2) is 7.32. The lowest BCUT2D eigenvalue weighted by atomic mass is 10.2. The third kappa shape index (κ3) is 3.48. The molecule has 4 nitrogen and oxygen atoms in total. The maximum absolute atomic E-state index is 14.2. The van der Waals surface area contributed by atoms with Crippen LogP contribution in [0.15, 0.2) is 66.0 Å². The smallest absolute Gasteiger partial charge is 0.261 e. The van der Waals surface area contributed by atoms with E-state index < -0.39 is 0 Å². The highest BCUT2D eigenvalue weighted by Gasteiger charge is 2.20. The number of aromatic nitrogens is 2. The summed E-state index contributed by atoms with van der Waals surface area (Å²) in [7, 11) is 0. The standard InChI is InChI=1S/C21H18FN3OS/c1-14(23-21(26)19-11-6-12-27-19)20-24-17-9-4-5-10-18(17)25(20)13-15-7-2-3-8-16(15)22/h2-12,14H,13H2,1H3,(H,23,26). The van der Waals surface area contributed by atoms with E-state index in [0.717, 1.165) is 11.0 Å². The fraction of sp³-hybridized carbons (Fsp3) is 0.143. The second-order valence-corrected chi connectivity index (χ2v) is 7.26. The van der Waals surface area contributed by atoms with E-state index in [1.54, 1.807) is 18.2 Å². The number of nitrogens with zero attached hydrogens (tertiary/aromatic N) is 2. The van der Waals surface area contributed by atoms with Gasteiger partial charge in [-0.25, -0.2) is 9.37 Å². The zero-order chi connectivity index (χ0) is 18.8. The molecule has 0 spiro atoms. The van der Waals surface area contributed by atoms with Crippen molar-refractivity contribution in [2.75, 3.05) is 0 Å². The Morgan fingerprint density at radius 3 is 2.70 bits per heavy atom. The monoisotopic (exact) mass is 379 g/mol. The number of amides is 1. The molecule has 1 amide bonds. The normalized spacial score (nSPS) is 12.2. The van der Waals surface area contributed by atoms with Gasteiger partial charge in [0.25, 0.3) is 5.91 Å². The lowest BCUT2D eigenvalue weighted by Crippen LogP contribution is -2.28. The quantitative estimate of drug-likeness (QED) is 0.543. The van der Waals surface area contributed by atoms with Crippen molar-refractivity contribution in [3.63, 3.8) is 0 Å². The first-order valence-corrected chi connectivity index (χ1v) is 9.54. The van der Waals surface area contributed by atoms with Gasteiger partial charge in [-0.15, -0.1) is 11.3 Å². The van der Waals surface area contributed by atoms with Crippen LogP contribution in [0, 0.1) is 5.82 Å². The van der Waals surface area contributed by atoms with Crippen molar-refractivity contribution in [3.8, 4) is 0 Å². The van der Waals surface area contributed by atoms with Crippen molar-refractivity contribution >= 4 is 28.3 Å². The van der Waals surface area contributed by atoms with Crippen molar-refractivity contribution < 1.29 is 9.18 Å². The van der Waals surface area contributed by atoms with Crippen molar-refractivity contribution in [2.24, 2.45) is 0 Å². The van der Waals surface area contributed by atoms with Crippen molar-refractivity contribution in [2.45, 2.75) is 19.5 Å². The maximum Gasteiger partial charge on any atom is 0.261 e. The third-order valence-corrected chi connectivity index (χ3v) is 5.32.